The highest BCUT2D eigenvalue weighted by Crippen LogP contribution is 2.06. The summed E-state index contributed by atoms with van der Waals surface area (Å²) in [6.07, 6.45) is -0.555. The number of ether oxygens (including phenoxy) is 6. The van der Waals surface area contributed by atoms with E-state index < -0.39 is 43.2 Å². The third kappa shape index (κ3) is 25.9. The number of hydrogen-bond acceptors (Lipinski definition) is 14. The fourth-order valence-electron chi connectivity index (χ4n) is 3.13. The molecule has 0 radical (unpaired) electrons. The van der Waals surface area contributed by atoms with E-state index >= 15 is 0 Å². The number of aliphatic hydroxyl groups is 7. The molecule has 240 valence electrons. The van der Waals surface area contributed by atoms with E-state index in [1.54, 1.807) is 0 Å². The summed E-state index contributed by atoms with van der Waals surface area (Å²) in [6, 6.07) is 0. The van der Waals surface area contributed by atoms with Crippen molar-refractivity contribution in [3.8, 4) is 0 Å². The van der Waals surface area contributed by atoms with Gasteiger partial charge < -0.3 is 64.2 Å². The summed E-state index contributed by atoms with van der Waals surface area (Å²) in [7, 11) is 0. The molecule has 0 aromatic rings. The van der Waals surface area contributed by atoms with Crippen LogP contribution in [0, 0.1) is 0 Å². The molecule has 0 heterocycles. The molecular weight excluding hydrogens is 536 g/mol. The average Bonchev–Trinajstić information content (AvgIpc) is 2.91. The van der Waals surface area contributed by atoms with E-state index in [4.69, 9.17) is 38.6 Å². The van der Waals surface area contributed by atoms with E-state index in [-0.39, 0.29) is 78.6 Å². The Balaban J connectivity index is 3.67. The smallest absolute Gasteiger partial charge is 0.305 e. The number of hydrogen-bond donors (Lipinski definition) is 7. The average molecular weight is 589 g/mol. The van der Waals surface area contributed by atoms with E-state index in [1.807, 2.05) is 0 Å². The van der Waals surface area contributed by atoms with Crippen LogP contribution in [0.1, 0.15) is 45.4 Å². The molecule has 0 aromatic heterocycles. The van der Waals surface area contributed by atoms with Crippen molar-refractivity contribution < 1.29 is 69.0 Å². The van der Waals surface area contributed by atoms with Gasteiger partial charge in [0.1, 0.15) is 43.2 Å². The Morgan fingerprint density at radius 1 is 0.500 bits per heavy atom. The van der Waals surface area contributed by atoms with Gasteiger partial charge in [-0.3, -0.25) is 4.79 Å². The predicted octanol–water partition coefficient (Wildman–Crippen LogP) is -1.87. The van der Waals surface area contributed by atoms with Crippen LogP contribution in [-0.2, 0) is 33.2 Å². The van der Waals surface area contributed by atoms with Gasteiger partial charge in [0.2, 0.25) is 0 Å². The highest BCUT2D eigenvalue weighted by atomic mass is 16.6. The first kappa shape index (κ1) is 39.0. The van der Waals surface area contributed by atoms with E-state index in [2.05, 4.69) is 6.92 Å². The molecular formula is C26H52O14. The Bertz CT molecular complexity index is 570. The summed E-state index contributed by atoms with van der Waals surface area (Å²) in [4.78, 5) is 11.6. The topological polar surface area (TPSA) is 214 Å². The molecule has 6 atom stereocenters. The molecule has 6 unspecified atom stereocenters. The minimum Gasteiger partial charge on any atom is -0.463 e. The molecule has 0 spiro atoms. The summed E-state index contributed by atoms with van der Waals surface area (Å²) < 4.78 is 30.8. The van der Waals surface area contributed by atoms with Crippen molar-refractivity contribution in [3.63, 3.8) is 0 Å². The zero-order valence-corrected chi connectivity index (χ0v) is 23.7. The van der Waals surface area contributed by atoms with Crippen molar-refractivity contribution in [2.45, 2.75) is 82.1 Å². The molecule has 40 heavy (non-hydrogen) atoms. The van der Waals surface area contributed by atoms with Gasteiger partial charge in [-0.05, 0) is 6.42 Å². The van der Waals surface area contributed by atoms with Crippen molar-refractivity contribution in [1.29, 1.82) is 0 Å². The number of esters is 1. The van der Waals surface area contributed by atoms with E-state index in [0.29, 0.717) is 6.42 Å². The van der Waals surface area contributed by atoms with Gasteiger partial charge in [-0.25, -0.2) is 0 Å². The first-order chi connectivity index (χ1) is 19.2. The summed E-state index contributed by atoms with van der Waals surface area (Å²) in [5.41, 5.74) is 0. The summed E-state index contributed by atoms with van der Waals surface area (Å²) in [5, 5.41) is 66.9. The number of carbonyl (C=O) groups is 1. The third-order valence-electron chi connectivity index (χ3n) is 5.23. The molecule has 0 rings (SSSR count). The van der Waals surface area contributed by atoms with Crippen LogP contribution < -0.4 is 0 Å². The lowest BCUT2D eigenvalue weighted by Gasteiger charge is -2.17. The summed E-state index contributed by atoms with van der Waals surface area (Å²) >= 11 is 0. The first-order valence-corrected chi connectivity index (χ1v) is 13.9. The molecule has 14 nitrogen and oxygen atoms in total. The summed E-state index contributed by atoms with van der Waals surface area (Å²) in [6.45, 7) is 0.307. The molecule has 0 bridgehead atoms. The molecule has 0 aliphatic carbocycles. The van der Waals surface area contributed by atoms with Crippen molar-refractivity contribution in [2.75, 3.05) is 79.3 Å². The Hall–Kier alpha value is -1.01. The molecule has 7 N–H and O–H groups in total. The van der Waals surface area contributed by atoms with Gasteiger partial charge in [0.25, 0.3) is 0 Å². The predicted molar refractivity (Wildman–Crippen MR) is 142 cm³/mol. The second kappa shape index (κ2) is 26.9. The van der Waals surface area contributed by atoms with Crippen LogP contribution in [-0.4, -0.2) is 158 Å². The zero-order valence-electron chi connectivity index (χ0n) is 23.7. The Kier molecular flexibility index (Phi) is 26.2. The molecule has 0 aliphatic rings. The molecule has 0 saturated heterocycles. The molecule has 0 saturated carbocycles. The monoisotopic (exact) mass is 588 g/mol. The van der Waals surface area contributed by atoms with Gasteiger partial charge >= 0.3 is 5.97 Å². The first-order valence-electron chi connectivity index (χ1n) is 13.9. The van der Waals surface area contributed by atoms with Crippen molar-refractivity contribution in [1.82, 2.24) is 0 Å². The Labute approximate surface area is 236 Å². The number of carbonyl (C=O) groups excluding carboxylic acids is 1. The molecule has 0 aromatic carbocycles. The van der Waals surface area contributed by atoms with Crippen LogP contribution in [0.3, 0.4) is 0 Å². The van der Waals surface area contributed by atoms with Crippen LogP contribution in [0.4, 0.5) is 0 Å². The van der Waals surface area contributed by atoms with Crippen molar-refractivity contribution >= 4 is 5.97 Å². The van der Waals surface area contributed by atoms with E-state index in [9.17, 15) is 30.3 Å². The minimum absolute atomic E-state index is 0.102. The Morgan fingerprint density at radius 2 is 0.825 bits per heavy atom. The van der Waals surface area contributed by atoms with Crippen LogP contribution in [0.5, 0.6) is 0 Å². The van der Waals surface area contributed by atoms with Gasteiger partial charge in [0.05, 0.1) is 72.7 Å². The second-order valence-electron chi connectivity index (χ2n) is 9.64. The van der Waals surface area contributed by atoms with Crippen LogP contribution in [0.2, 0.25) is 0 Å². The largest absolute Gasteiger partial charge is 0.463 e. The molecule has 0 fully saturated rings. The highest BCUT2D eigenvalue weighted by molar-refractivity contribution is 5.69. The van der Waals surface area contributed by atoms with Gasteiger partial charge in [-0.2, -0.15) is 0 Å². The molecule has 0 aliphatic heterocycles. The van der Waals surface area contributed by atoms with Gasteiger partial charge in [0, 0.05) is 6.42 Å². The van der Waals surface area contributed by atoms with Crippen LogP contribution >= 0.6 is 0 Å². The maximum Gasteiger partial charge on any atom is 0.305 e. The maximum atomic E-state index is 11.6. The van der Waals surface area contributed by atoms with E-state index in [1.165, 1.54) is 0 Å². The molecule has 14 heteroatoms. The van der Waals surface area contributed by atoms with Crippen molar-refractivity contribution in [3.05, 3.63) is 0 Å². The van der Waals surface area contributed by atoms with Crippen LogP contribution in [0.25, 0.3) is 0 Å². The van der Waals surface area contributed by atoms with Crippen LogP contribution in [0.15, 0.2) is 0 Å². The van der Waals surface area contributed by atoms with Gasteiger partial charge in [-0.1, -0.05) is 32.6 Å². The van der Waals surface area contributed by atoms with Crippen molar-refractivity contribution in [2.24, 2.45) is 0 Å². The Morgan fingerprint density at radius 3 is 1.18 bits per heavy atom. The fraction of sp³-hybridized carbons (Fsp3) is 0.962. The van der Waals surface area contributed by atoms with E-state index in [0.717, 1.165) is 32.1 Å². The quantitative estimate of drug-likeness (QED) is 0.0377. The summed E-state index contributed by atoms with van der Waals surface area (Å²) in [5.74, 6) is -0.357. The second-order valence-corrected chi connectivity index (χ2v) is 9.64. The number of rotatable bonds is 29. The lowest BCUT2D eigenvalue weighted by molar-refractivity contribution is -0.148. The highest BCUT2D eigenvalue weighted by Gasteiger charge is 2.14. The molecule has 0 amide bonds. The minimum atomic E-state index is -1.02. The lowest BCUT2D eigenvalue weighted by atomic mass is 10.1. The normalized spacial score (nSPS) is 16.3. The van der Waals surface area contributed by atoms with Gasteiger partial charge in [0.15, 0.2) is 0 Å². The zero-order chi connectivity index (χ0) is 30.0. The van der Waals surface area contributed by atoms with Gasteiger partial charge in [-0.15, -0.1) is 0 Å². The number of unbranched alkanes of at least 4 members (excludes halogenated alkanes) is 4. The number of aliphatic hydroxyl groups excluding tert-OH is 7. The standard InChI is InChI=1S/C26H52O14/c1-2-3-4-5-6-7-26(34)40-19-25(33)18-39-17-24(32)16-38-15-23(31)14-37-13-22(30)12-36-11-21(29)10-35-9-20(28)8-27/h20-25,27-33H,2-19H2,1H3. The lowest BCUT2D eigenvalue weighted by Crippen LogP contribution is -2.31. The SMILES string of the molecule is CCCCCCCC(=O)OCC(O)COCC(O)COCC(O)COCC(O)COCC(O)COCC(O)CO. The maximum absolute atomic E-state index is 11.6. The third-order valence-corrected chi connectivity index (χ3v) is 5.23. The fourth-order valence-corrected chi connectivity index (χ4v) is 3.13.